The summed E-state index contributed by atoms with van der Waals surface area (Å²) < 4.78 is 5.28. The van der Waals surface area contributed by atoms with Gasteiger partial charge < -0.3 is 14.7 Å². The average Bonchev–Trinajstić information content (AvgIpc) is 3.19. The maximum absolute atomic E-state index is 11.3. The SMILES string of the molecule is CCOc1cccc(N(CC(=O)O)C2CC2)c1[N+](=O)[O-]. The van der Waals surface area contributed by atoms with E-state index in [0.29, 0.717) is 12.3 Å². The lowest BCUT2D eigenvalue weighted by atomic mass is 10.2. The number of nitro benzene ring substituents is 1. The van der Waals surface area contributed by atoms with Crippen LogP contribution in [0.2, 0.25) is 0 Å². The second kappa shape index (κ2) is 5.77. The van der Waals surface area contributed by atoms with Gasteiger partial charge in [0.1, 0.15) is 12.2 Å². The van der Waals surface area contributed by atoms with Crippen LogP contribution in [0.4, 0.5) is 11.4 Å². The average molecular weight is 280 g/mol. The zero-order valence-electron chi connectivity index (χ0n) is 11.1. The molecule has 1 aliphatic carbocycles. The van der Waals surface area contributed by atoms with E-state index in [-0.39, 0.29) is 24.0 Å². The summed E-state index contributed by atoms with van der Waals surface area (Å²) in [6, 6.07) is 4.80. The van der Waals surface area contributed by atoms with Crippen LogP contribution in [-0.4, -0.2) is 35.2 Å². The third-order valence-corrected chi connectivity index (χ3v) is 3.06. The smallest absolute Gasteiger partial charge is 0.333 e. The van der Waals surface area contributed by atoms with Crippen molar-refractivity contribution in [2.45, 2.75) is 25.8 Å². The lowest BCUT2D eigenvalue weighted by Crippen LogP contribution is -2.32. The number of carboxylic acid groups (broad SMARTS) is 1. The minimum Gasteiger partial charge on any atom is -0.487 e. The van der Waals surface area contributed by atoms with E-state index < -0.39 is 10.9 Å². The van der Waals surface area contributed by atoms with Crippen molar-refractivity contribution < 1.29 is 19.6 Å². The molecule has 0 atom stereocenters. The Hall–Kier alpha value is -2.31. The molecule has 0 bridgehead atoms. The summed E-state index contributed by atoms with van der Waals surface area (Å²) in [5.74, 6) is -0.834. The van der Waals surface area contributed by atoms with E-state index in [1.807, 2.05) is 0 Å². The zero-order valence-corrected chi connectivity index (χ0v) is 11.1. The summed E-state index contributed by atoms with van der Waals surface area (Å²) in [5.41, 5.74) is 0.147. The van der Waals surface area contributed by atoms with Crippen LogP contribution in [0.3, 0.4) is 0 Å². The Bertz CT molecular complexity index is 527. The number of hydrogen-bond donors (Lipinski definition) is 1. The predicted octanol–water partition coefficient (Wildman–Crippen LogP) is 2.05. The molecular formula is C13H16N2O5. The van der Waals surface area contributed by atoms with Crippen molar-refractivity contribution in [1.29, 1.82) is 0 Å². The van der Waals surface area contributed by atoms with Crippen molar-refractivity contribution in [2.75, 3.05) is 18.1 Å². The summed E-state index contributed by atoms with van der Waals surface area (Å²) in [6.07, 6.45) is 1.70. The number of nitro groups is 1. The predicted molar refractivity (Wildman–Crippen MR) is 72.3 cm³/mol. The molecule has 0 radical (unpaired) electrons. The molecular weight excluding hydrogens is 264 g/mol. The maximum atomic E-state index is 11.3. The molecule has 1 N–H and O–H groups in total. The molecule has 1 aliphatic rings. The molecule has 1 fully saturated rings. The van der Waals surface area contributed by atoms with Crippen LogP contribution in [0, 0.1) is 10.1 Å². The molecule has 1 aromatic rings. The van der Waals surface area contributed by atoms with Gasteiger partial charge in [0.2, 0.25) is 0 Å². The van der Waals surface area contributed by atoms with Gasteiger partial charge in [0, 0.05) is 6.04 Å². The number of anilines is 1. The summed E-state index contributed by atoms with van der Waals surface area (Å²) >= 11 is 0. The van der Waals surface area contributed by atoms with Gasteiger partial charge in [-0.05, 0) is 31.9 Å². The van der Waals surface area contributed by atoms with Crippen molar-refractivity contribution >= 4 is 17.3 Å². The van der Waals surface area contributed by atoms with Crippen LogP contribution in [0.15, 0.2) is 18.2 Å². The molecule has 7 nitrogen and oxygen atoms in total. The first-order chi connectivity index (χ1) is 9.54. The molecule has 108 valence electrons. The normalized spacial score (nSPS) is 13.8. The minimum absolute atomic E-state index is 0.0571. The maximum Gasteiger partial charge on any atom is 0.333 e. The summed E-state index contributed by atoms with van der Waals surface area (Å²) in [7, 11) is 0. The molecule has 0 amide bonds. The summed E-state index contributed by atoms with van der Waals surface area (Å²) in [4.78, 5) is 23.3. The molecule has 0 heterocycles. The van der Waals surface area contributed by atoms with Crippen LogP contribution in [0.5, 0.6) is 5.75 Å². The fourth-order valence-corrected chi connectivity index (χ4v) is 2.14. The summed E-state index contributed by atoms with van der Waals surface area (Å²) in [6.45, 7) is 1.81. The van der Waals surface area contributed by atoms with Gasteiger partial charge in [-0.25, -0.2) is 0 Å². The van der Waals surface area contributed by atoms with Gasteiger partial charge in [-0.3, -0.25) is 14.9 Å². The number of aliphatic carboxylic acids is 1. The van der Waals surface area contributed by atoms with Crippen LogP contribution in [-0.2, 0) is 4.79 Å². The Morgan fingerprint density at radius 2 is 2.25 bits per heavy atom. The highest BCUT2D eigenvalue weighted by molar-refractivity contribution is 5.78. The van der Waals surface area contributed by atoms with Crippen molar-refractivity contribution in [3.05, 3.63) is 28.3 Å². The highest BCUT2D eigenvalue weighted by Crippen LogP contribution is 2.41. The highest BCUT2D eigenvalue weighted by atomic mass is 16.6. The first-order valence-electron chi connectivity index (χ1n) is 6.43. The number of nitrogens with zero attached hydrogens (tertiary/aromatic N) is 2. The third-order valence-electron chi connectivity index (χ3n) is 3.06. The fourth-order valence-electron chi connectivity index (χ4n) is 2.14. The van der Waals surface area contributed by atoms with Crippen molar-refractivity contribution in [3.63, 3.8) is 0 Å². The van der Waals surface area contributed by atoms with E-state index in [2.05, 4.69) is 0 Å². The Morgan fingerprint density at radius 1 is 1.55 bits per heavy atom. The van der Waals surface area contributed by atoms with Gasteiger partial charge in [-0.15, -0.1) is 0 Å². The van der Waals surface area contributed by atoms with Gasteiger partial charge in [-0.1, -0.05) is 6.07 Å². The van der Waals surface area contributed by atoms with Crippen LogP contribution in [0.1, 0.15) is 19.8 Å². The van der Waals surface area contributed by atoms with Crippen molar-refractivity contribution in [3.8, 4) is 5.75 Å². The van der Waals surface area contributed by atoms with E-state index in [1.54, 1.807) is 24.0 Å². The second-order valence-electron chi connectivity index (χ2n) is 4.57. The fraction of sp³-hybridized carbons (Fsp3) is 0.462. The topological polar surface area (TPSA) is 92.9 Å². The van der Waals surface area contributed by atoms with E-state index in [0.717, 1.165) is 12.8 Å². The van der Waals surface area contributed by atoms with Crippen LogP contribution >= 0.6 is 0 Å². The van der Waals surface area contributed by atoms with Crippen LogP contribution in [0.25, 0.3) is 0 Å². The molecule has 1 saturated carbocycles. The molecule has 1 aromatic carbocycles. The monoisotopic (exact) mass is 280 g/mol. The Balaban J connectivity index is 2.44. The first kappa shape index (κ1) is 14.1. The number of rotatable bonds is 7. The molecule has 20 heavy (non-hydrogen) atoms. The summed E-state index contributed by atoms with van der Waals surface area (Å²) in [5, 5.41) is 20.3. The Morgan fingerprint density at radius 3 is 2.75 bits per heavy atom. The number of ether oxygens (including phenoxy) is 1. The van der Waals surface area contributed by atoms with Crippen LogP contribution < -0.4 is 9.64 Å². The number of carbonyl (C=O) groups is 1. The van der Waals surface area contributed by atoms with Gasteiger partial charge in [-0.2, -0.15) is 0 Å². The second-order valence-corrected chi connectivity index (χ2v) is 4.57. The quantitative estimate of drug-likeness (QED) is 0.607. The largest absolute Gasteiger partial charge is 0.487 e. The van der Waals surface area contributed by atoms with Gasteiger partial charge in [0.05, 0.1) is 11.5 Å². The van der Waals surface area contributed by atoms with Gasteiger partial charge in [0.15, 0.2) is 5.75 Å². The number of hydrogen-bond acceptors (Lipinski definition) is 5. The number of carboxylic acids is 1. The van der Waals surface area contributed by atoms with E-state index in [9.17, 15) is 14.9 Å². The number of para-hydroxylation sites is 1. The highest BCUT2D eigenvalue weighted by Gasteiger charge is 2.35. The molecule has 0 aromatic heterocycles. The molecule has 2 rings (SSSR count). The molecule has 0 aliphatic heterocycles. The van der Waals surface area contributed by atoms with Crippen molar-refractivity contribution in [2.24, 2.45) is 0 Å². The number of benzene rings is 1. The standard InChI is InChI=1S/C13H16N2O5/c1-2-20-11-5-3-4-10(13(11)15(18)19)14(8-12(16)17)9-6-7-9/h3-5,9H,2,6-8H2,1H3,(H,16,17). The minimum atomic E-state index is -1.01. The Kier molecular flexibility index (Phi) is 4.07. The zero-order chi connectivity index (χ0) is 14.7. The lowest BCUT2D eigenvalue weighted by molar-refractivity contribution is -0.385. The molecule has 0 unspecified atom stereocenters. The van der Waals surface area contributed by atoms with Crippen molar-refractivity contribution in [1.82, 2.24) is 0 Å². The lowest BCUT2D eigenvalue weighted by Gasteiger charge is -2.22. The molecule has 7 heteroatoms. The van der Waals surface area contributed by atoms with E-state index >= 15 is 0 Å². The van der Waals surface area contributed by atoms with E-state index in [4.69, 9.17) is 9.84 Å². The Labute approximate surface area is 115 Å². The van der Waals surface area contributed by atoms with Gasteiger partial charge in [0.25, 0.3) is 0 Å². The van der Waals surface area contributed by atoms with E-state index in [1.165, 1.54) is 6.07 Å². The van der Waals surface area contributed by atoms with Gasteiger partial charge >= 0.3 is 11.7 Å². The molecule has 0 saturated heterocycles. The third kappa shape index (κ3) is 2.98. The molecule has 0 spiro atoms. The first-order valence-corrected chi connectivity index (χ1v) is 6.43.